The predicted molar refractivity (Wildman–Crippen MR) is 50.4 cm³/mol. The van der Waals surface area contributed by atoms with Crippen LogP contribution in [0.2, 0.25) is 0 Å². The summed E-state index contributed by atoms with van der Waals surface area (Å²) in [5.74, 6) is 0.0239. The molecule has 0 aromatic carbocycles. The van der Waals surface area contributed by atoms with Crippen molar-refractivity contribution in [3.05, 3.63) is 0 Å². The number of nitrogens with one attached hydrogen (secondary N) is 1. The highest BCUT2D eigenvalue weighted by molar-refractivity contribution is 5.72. The molecule has 1 aliphatic rings. The number of nitrogens with zero attached hydrogens (tertiary/aromatic N) is 1. The zero-order valence-corrected chi connectivity index (χ0v) is 8.12. The zero-order valence-electron chi connectivity index (χ0n) is 8.12. The molecule has 0 unspecified atom stereocenters. The Morgan fingerprint density at radius 1 is 1.69 bits per heavy atom. The Kier molecular flexibility index (Phi) is 4.18. The van der Waals surface area contributed by atoms with Gasteiger partial charge in [-0.15, -0.1) is 0 Å². The maximum atomic E-state index is 10.7. The fraction of sp³-hybridized carbons (Fsp3) is 0.889. The summed E-state index contributed by atoms with van der Waals surface area (Å²) < 4.78 is 0. The highest BCUT2D eigenvalue weighted by atomic mass is 16.3. The first-order chi connectivity index (χ1) is 6.24. The van der Waals surface area contributed by atoms with Gasteiger partial charge in [-0.2, -0.15) is 0 Å². The van der Waals surface area contributed by atoms with E-state index >= 15 is 0 Å². The third-order valence-electron chi connectivity index (χ3n) is 2.47. The van der Waals surface area contributed by atoms with E-state index in [9.17, 15) is 4.79 Å². The van der Waals surface area contributed by atoms with Crippen LogP contribution in [0.4, 0.5) is 0 Å². The zero-order chi connectivity index (χ0) is 9.68. The maximum absolute atomic E-state index is 10.7. The van der Waals surface area contributed by atoms with Crippen molar-refractivity contribution >= 4 is 5.91 Å². The summed E-state index contributed by atoms with van der Waals surface area (Å²) in [5.41, 5.74) is 0. The van der Waals surface area contributed by atoms with Crippen LogP contribution in [0.3, 0.4) is 0 Å². The second-order valence-electron chi connectivity index (χ2n) is 3.49. The summed E-state index contributed by atoms with van der Waals surface area (Å²) in [6.07, 6.45) is 2.30. The second kappa shape index (κ2) is 5.19. The van der Waals surface area contributed by atoms with E-state index < -0.39 is 0 Å². The van der Waals surface area contributed by atoms with Gasteiger partial charge in [-0.1, -0.05) is 0 Å². The Labute approximate surface area is 78.9 Å². The van der Waals surface area contributed by atoms with Crippen LogP contribution in [-0.4, -0.2) is 48.2 Å². The van der Waals surface area contributed by atoms with E-state index in [-0.39, 0.29) is 12.5 Å². The fourth-order valence-corrected chi connectivity index (χ4v) is 1.81. The van der Waals surface area contributed by atoms with Gasteiger partial charge in [-0.25, -0.2) is 0 Å². The number of hydrogen-bond acceptors (Lipinski definition) is 3. The summed E-state index contributed by atoms with van der Waals surface area (Å²) in [7, 11) is 0. The number of carbonyl (C=O) groups is 1. The van der Waals surface area contributed by atoms with Crippen molar-refractivity contribution in [3.8, 4) is 0 Å². The van der Waals surface area contributed by atoms with Crippen LogP contribution >= 0.6 is 0 Å². The average molecular weight is 186 g/mol. The number of amides is 1. The molecular weight excluding hydrogens is 168 g/mol. The van der Waals surface area contributed by atoms with Crippen LogP contribution in [0.15, 0.2) is 0 Å². The lowest BCUT2D eigenvalue weighted by Gasteiger charge is -2.23. The minimum Gasteiger partial charge on any atom is -0.395 e. The largest absolute Gasteiger partial charge is 0.395 e. The Morgan fingerprint density at radius 3 is 3.08 bits per heavy atom. The summed E-state index contributed by atoms with van der Waals surface area (Å²) >= 11 is 0. The first-order valence-electron chi connectivity index (χ1n) is 4.83. The fourth-order valence-electron chi connectivity index (χ4n) is 1.81. The molecule has 4 heteroatoms. The molecule has 0 aromatic heterocycles. The molecule has 0 saturated carbocycles. The molecule has 1 atom stereocenters. The second-order valence-corrected chi connectivity index (χ2v) is 3.49. The van der Waals surface area contributed by atoms with Gasteiger partial charge >= 0.3 is 0 Å². The molecule has 0 aliphatic carbocycles. The van der Waals surface area contributed by atoms with Crippen LogP contribution in [0.5, 0.6) is 0 Å². The molecule has 2 N–H and O–H groups in total. The van der Waals surface area contributed by atoms with Crippen molar-refractivity contribution in [2.75, 3.05) is 26.2 Å². The van der Waals surface area contributed by atoms with Crippen LogP contribution in [0.1, 0.15) is 19.8 Å². The summed E-state index contributed by atoms with van der Waals surface area (Å²) in [4.78, 5) is 12.9. The quantitative estimate of drug-likeness (QED) is 0.627. The molecule has 1 amide bonds. The van der Waals surface area contributed by atoms with Crippen LogP contribution in [-0.2, 0) is 4.79 Å². The number of likely N-dealkylation sites (tertiary alicyclic amines) is 1. The molecule has 76 valence electrons. The lowest BCUT2D eigenvalue weighted by Crippen LogP contribution is -2.40. The van der Waals surface area contributed by atoms with E-state index in [1.54, 1.807) is 0 Å². The minimum absolute atomic E-state index is 0.0239. The van der Waals surface area contributed by atoms with Gasteiger partial charge in [0.25, 0.3) is 0 Å². The van der Waals surface area contributed by atoms with E-state index in [1.165, 1.54) is 13.3 Å². The number of β-amino-alcohol motifs (C(OH)–C–C–N with tert-alkyl or cyclic N) is 1. The lowest BCUT2D eigenvalue weighted by molar-refractivity contribution is -0.119. The van der Waals surface area contributed by atoms with E-state index in [0.29, 0.717) is 6.04 Å². The Hall–Kier alpha value is -0.610. The predicted octanol–water partition coefficient (Wildman–Crippen LogP) is -0.421. The highest BCUT2D eigenvalue weighted by Gasteiger charge is 2.23. The van der Waals surface area contributed by atoms with Gasteiger partial charge in [-0.3, -0.25) is 9.69 Å². The van der Waals surface area contributed by atoms with Crippen LogP contribution < -0.4 is 5.32 Å². The van der Waals surface area contributed by atoms with Gasteiger partial charge in [0.05, 0.1) is 6.61 Å². The molecule has 1 heterocycles. The third kappa shape index (κ3) is 3.32. The molecule has 1 fully saturated rings. The van der Waals surface area contributed by atoms with Crippen molar-refractivity contribution in [2.24, 2.45) is 0 Å². The van der Waals surface area contributed by atoms with Gasteiger partial charge in [0, 0.05) is 26.1 Å². The molecule has 0 radical (unpaired) electrons. The molecule has 1 rings (SSSR count). The summed E-state index contributed by atoms with van der Waals surface area (Å²) in [5, 5.41) is 11.6. The number of rotatable bonds is 4. The molecule has 13 heavy (non-hydrogen) atoms. The van der Waals surface area contributed by atoms with Gasteiger partial charge < -0.3 is 10.4 Å². The number of aliphatic hydroxyl groups excluding tert-OH is 1. The van der Waals surface area contributed by atoms with Crippen molar-refractivity contribution in [3.63, 3.8) is 0 Å². The van der Waals surface area contributed by atoms with Crippen LogP contribution in [0, 0.1) is 0 Å². The Balaban J connectivity index is 2.26. The first-order valence-corrected chi connectivity index (χ1v) is 4.83. The van der Waals surface area contributed by atoms with Gasteiger partial charge in [0.1, 0.15) is 0 Å². The molecule has 0 bridgehead atoms. The van der Waals surface area contributed by atoms with Gasteiger partial charge in [0.2, 0.25) is 5.91 Å². The molecular formula is C9H18N2O2. The van der Waals surface area contributed by atoms with Crippen LogP contribution in [0.25, 0.3) is 0 Å². The molecule has 1 saturated heterocycles. The topological polar surface area (TPSA) is 52.6 Å². The molecule has 0 aromatic rings. The van der Waals surface area contributed by atoms with Gasteiger partial charge in [0.15, 0.2) is 0 Å². The summed E-state index contributed by atoms with van der Waals surface area (Å²) in [6, 6.07) is 0.427. The standard InChI is InChI=1S/C9H18N2O2/c1-8(13)10-7-9-3-2-4-11(9)5-6-12/h9,12H,2-7H2,1H3,(H,10,13)/t9-/m1/s1. The van der Waals surface area contributed by atoms with E-state index in [2.05, 4.69) is 10.2 Å². The number of aliphatic hydroxyl groups is 1. The summed E-state index contributed by atoms with van der Waals surface area (Å²) in [6.45, 7) is 4.23. The monoisotopic (exact) mass is 186 g/mol. The first kappa shape index (κ1) is 10.5. The Bertz CT molecular complexity index is 173. The number of hydrogen-bond donors (Lipinski definition) is 2. The van der Waals surface area contributed by atoms with Crippen molar-refractivity contribution in [1.82, 2.24) is 10.2 Å². The van der Waals surface area contributed by atoms with Gasteiger partial charge in [-0.05, 0) is 19.4 Å². The molecule has 4 nitrogen and oxygen atoms in total. The molecule has 1 aliphatic heterocycles. The van der Waals surface area contributed by atoms with Crippen molar-refractivity contribution < 1.29 is 9.90 Å². The van der Waals surface area contributed by atoms with E-state index in [0.717, 1.165) is 26.1 Å². The normalized spacial score (nSPS) is 23.4. The minimum atomic E-state index is 0.0239. The third-order valence-corrected chi connectivity index (χ3v) is 2.47. The lowest BCUT2D eigenvalue weighted by atomic mass is 10.2. The SMILES string of the molecule is CC(=O)NC[C@H]1CCCN1CCO. The Morgan fingerprint density at radius 2 is 2.46 bits per heavy atom. The van der Waals surface area contributed by atoms with Crippen molar-refractivity contribution in [1.29, 1.82) is 0 Å². The average Bonchev–Trinajstić information content (AvgIpc) is 2.49. The van der Waals surface area contributed by atoms with Crippen molar-refractivity contribution in [2.45, 2.75) is 25.8 Å². The van der Waals surface area contributed by atoms with E-state index in [4.69, 9.17) is 5.11 Å². The maximum Gasteiger partial charge on any atom is 0.216 e. The van der Waals surface area contributed by atoms with E-state index in [1.807, 2.05) is 0 Å². The number of carbonyl (C=O) groups excluding carboxylic acids is 1. The highest BCUT2D eigenvalue weighted by Crippen LogP contribution is 2.15. The smallest absolute Gasteiger partial charge is 0.216 e. The molecule has 0 spiro atoms.